The Hall–Kier alpha value is -1.56. The van der Waals surface area contributed by atoms with E-state index in [1.807, 2.05) is 0 Å². The highest BCUT2D eigenvalue weighted by molar-refractivity contribution is 5.32. The van der Waals surface area contributed by atoms with Crippen LogP contribution in [0.25, 0.3) is 0 Å². The first kappa shape index (κ1) is 16.3. The maximum absolute atomic E-state index is 2.39. The van der Waals surface area contributed by atoms with E-state index in [-0.39, 0.29) is 0 Å². The van der Waals surface area contributed by atoms with Crippen LogP contribution in [0.3, 0.4) is 0 Å². The van der Waals surface area contributed by atoms with Crippen LogP contribution in [0.1, 0.15) is 67.2 Å². The number of hydrogen-bond acceptors (Lipinski definition) is 0. The van der Waals surface area contributed by atoms with Crippen LogP contribution in [0.5, 0.6) is 0 Å². The third-order valence-electron chi connectivity index (χ3n) is 5.84. The van der Waals surface area contributed by atoms with Gasteiger partial charge in [-0.15, -0.1) is 0 Å². The van der Waals surface area contributed by atoms with Crippen LogP contribution < -0.4 is 0 Å². The third-order valence-corrected chi connectivity index (χ3v) is 5.84. The largest absolute Gasteiger partial charge is 0.0625 e. The van der Waals surface area contributed by atoms with Gasteiger partial charge in [0.1, 0.15) is 0 Å². The average Bonchev–Trinajstić information content (AvgIpc) is 2.56. The molecule has 2 aromatic rings. The van der Waals surface area contributed by atoms with Crippen molar-refractivity contribution >= 4 is 0 Å². The molecule has 23 heavy (non-hydrogen) atoms. The van der Waals surface area contributed by atoms with Crippen molar-refractivity contribution in [3.8, 4) is 0 Å². The molecule has 0 heterocycles. The van der Waals surface area contributed by atoms with Gasteiger partial charge in [-0.25, -0.2) is 0 Å². The molecule has 0 spiro atoms. The van der Waals surface area contributed by atoms with Crippen molar-refractivity contribution < 1.29 is 0 Å². The number of aryl methyl sites for hydroxylation is 2. The quantitative estimate of drug-likeness (QED) is 0.597. The molecule has 1 aliphatic carbocycles. The molecule has 0 N–H and O–H groups in total. The normalized spacial score (nSPS) is 24.8. The molecule has 3 rings (SSSR count). The molecule has 0 aromatic heterocycles. The van der Waals surface area contributed by atoms with E-state index in [1.54, 1.807) is 0 Å². The lowest BCUT2D eigenvalue weighted by molar-refractivity contribution is 0.231. The Morgan fingerprint density at radius 1 is 0.696 bits per heavy atom. The molecule has 0 bridgehead atoms. The number of hydrogen-bond donors (Lipinski definition) is 0. The highest BCUT2D eigenvalue weighted by Gasteiger charge is 2.33. The van der Waals surface area contributed by atoms with Gasteiger partial charge in [-0.05, 0) is 67.9 Å². The molecule has 0 nitrogen and oxygen atoms in total. The van der Waals surface area contributed by atoms with E-state index in [4.69, 9.17) is 0 Å². The Balaban J connectivity index is 1.92. The van der Waals surface area contributed by atoms with Crippen molar-refractivity contribution in [1.82, 2.24) is 0 Å². The molecule has 3 atom stereocenters. The van der Waals surface area contributed by atoms with Crippen LogP contribution in [0.4, 0.5) is 0 Å². The first-order valence-corrected chi connectivity index (χ1v) is 9.17. The van der Waals surface area contributed by atoms with Gasteiger partial charge in [0, 0.05) is 0 Å². The van der Waals surface area contributed by atoms with Gasteiger partial charge in [0.15, 0.2) is 0 Å². The standard InChI is InChI=1S/C23H30/c1-16(2)21-13-14-22(19-9-5-17(3)6-10-19)23(15-21)20-11-7-18(4)8-12-20/h5-12,16,21-23H,13-15H2,1-4H3. The lowest BCUT2D eigenvalue weighted by Gasteiger charge is -2.38. The maximum atomic E-state index is 2.39. The minimum absolute atomic E-state index is 0.666. The van der Waals surface area contributed by atoms with Crippen molar-refractivity contribution in [2.24, 2.45) is 11.8 Å². The molecule has 0 amide bonds. The molecular weight excluding hydrogens is 276 g/mol. The highest BCUT2D eigenvalue weighted by Crippen LogP contribution is 2.47. The lowest BCUT2D eigenvalue weighted by atomic mass is 9.66. The highest BCUT2D eigenvalue weighted by atomic mass is 14.4. The molecule has 0 radical (unpaired) electrons. The second-order valence-corrected chi connectivity index (χ2v) is 7.85. The summed E-state index contributed by atoms with van der Waals surface area (Å²) in [6, 6.07) is 18.6. The average molecular weight is 306 g/mol. The Labute approximate surface area is 141 Å². The van der Waals surface area contributed by atoms with Crippen molar-refractivity contribution in [1.29, 1.82) is 0 Å². The van der Waals surface area contributed by atoms with Crippen LogP contribution in [0, 0.1) is 25.7 Å². The van der Waals surface area contributed by atoms with Crippen LogP contribution in [-0.2, 0) is 0 Å². The Morgan fingerprint density at radius 3 is 1.65 bits per heavy atom. The van der Waals surface area contributed by atoms with Crippen molar-refractivity contribution in [2.45, 2.75) is 58.8 Å². The summed E-state index contributed by atoms with van der Waals surface area (Å²) < 4.78 is 0. The van der Waals surface area contributed by atoms with Gasteiger partial charge in [0.25, 0.3) is 0 Å². The van der Waals surface area contributed by atoms with Gasteiger partial charge >= 0.3 is 0 Å². The van der Waals surface area contributed by atoms with Gasteiger partial charge in [0.2, 0.25) is 0 Å². The Bertz CT molecular complexity index is 618. The summed E-state index contributed by atoms with van der Waals surface area (Å²) in [5.74, 6) is 3.00. The van der Waals surface area contributed by atoms with E-state index >= 15 is 0 Å². The van der Waals surface area contributed by atoms with Crippen LogP contribution in [0.2, 0.25) is 0 Å². The second kappa shape index (κ2) is 6.91. The molecule has 2 aromatic carbocycles. The van der Waals surface area contributed by atoms with E-state index in [9.17, 15) is 0 Å². The van der Waals surface area contributed by atoms with Gasteiger partial charge in [-0.2, -0.15) is 0 Å². The van der Waals surface area contributed by atoms with E-state index in [0.717, 1.165) is 11.8 Å². The van der Waals surface area contributed by atoms with Crippen LogP contribution in [0.15, 0.2) is 48.5 Å². The molecule has 1 fully saturated rings. The SMILES string of the molecule is Cc1ccc(C2CCC(C(C)C)CC2c2ccc(C)cc2)cc1. The number of rotatable bonds is 3. The first-order valence-electron chi connectivity index (χ1n) is 9.17. The molecule has 0 aliphatic heterocycles. The monoisotopic (exact) mass is 306 g/mol. The molecule has 1 aliphatic rings. The second-order valence-electron chi connectivity index (χ2n) is 7.85. The van der Waals surface area contributed by atoms with Crippen molar-refractivity contribution in [2.75, 3.05) is 0 Å². The Kier molecular flexibility index (Phi) is 4.90. The van der Waals surface area contributed by atoms with Crippen LogP contribution >= 0.6 is 0 Å². The molecular formula is C23H30. The molecule has 0 saturated heterocycles. The minimum atomic E-state index is 0.666. The fraction of sp³-hybridized carbons (Fsp3) is 0.478. The van der Waals surface area contributed by atoms with Gasteiger partial charge < -0.3 is 0 Å². The molecule has 3 unspecified atom stereocenters. The van der Waals surface area contributed by atoms with Crippen molar-refractivity contribution in [3.63, 3.8) is 0 Å². The molecule has 122 valence electrons. The van der Waals surface area contributed by atoms with Gasteiger partial charge in [-0.3, -0.25) is 0 Å². The summed E-state index contributed by atoms with van der Waals surface area (Å²) >= 11 is 0. The summed E-state index contributed by atoms with van der Waals surface area (Å²) in [6.45, 7) is 9.14. The van der Waals surface area contributed by atoms with Crippen molar-refractivity contribution in [3.05, 3.63) is 70.8 Å². The number of benzene rings is 2. The molecule has 1 saturated carbocycles. The van der Waals surface area contributed by atoms with E-state index in [0.29, 0.717) is 11.8 Å². The van der Waals surface area contributed by atoms with E-state index in [2.05, 4.69) is 76.2 Å². The predicted octanol–water partition coefficient (Wildman–Crippen LogP) is 6.63. The zero-order valence-corrected chi connectivity index (χ0v) is 15.0. The van der Waals surface area contributed by atoms with Gasteiger partial charge in [0.05, 0.1) is 0 Å². The molecule has 0 heteroatoms. The maximum Gasteiger partial charge on any atom is -0.00904 e. The smallest absolute Gasteiger partial charge is 0.00904 e. The topological polar surface area (TPSA) is 0 Å². The van der Waals surface area contributed by atoms with E-state index < -0.39 is 0 Å². The Morgan fingerprint density at radius 2 is 1.17 bits per heavy atom. The predicted molar refractivity (Wildman–Crippen MR) is 100 cm³/mol. The third kappa shape index (κ3) is 3.68. The fourth-order valence-electron chi connectivity index (χ4n) is 4.20. The summed E-state index contributed by atoms with van der Waals surface area (Å²) in [7, 11) is 0. The van der Waals surface area contributed by atoms with Crippen LogP contribution in [-0.4, -0.2) is 0 Å². The minimum Gasteiger partial charge on any atom is -0.0625 e. The summed E-state index contributed by atoms with van der Waals surface area (Å²) in [5, 5.41) is 0. The first-order chi connectivity index (χ1) is 11.0. The summed E-state index contributed by atoms with van der Waals surface area (Å²) in [6.07, 6.45) is 4.03. The lowest BCUT2D eigenvalue weighted by Crippen LogP contribution is -2.25. The van der Waals surface area contributed by atoms with E-state index in [1.165, 1.54) is 41.5 Å². The zero-order chi connectivity index (χ0) is 16.4. The fourth-order valence-corrected chi connectivity index (χ4v) is 4.20. The van der Waals surface area contributed by atoms with Gasteiger partial charge in [-0.1, -0.05) is 73.5 Å². The zero-order valence-electron chi connectivity index (χ0n) is 15.0. The summed E-state index contributed by atoms with van der Waals surface area (Å²) in [4.78, 5) is 0. The summed E-state index contributed by atoms with van der Waals surface area (Å²) in [5.41, 5.74) is 5.78.